The van der Waals surface area contributed by atoms with Crippen LogP contribution in [0.1, 0.15) is 45.7 Å². The SMILES string of the molecule is CC(NCCCNC(=O)OC(C)(C)C)c1ccc(F)c(F)c1. The molecule has 1 unspecified atom stereocenters. The van der Waals surface area contributed by atoms with Gasteiger partial charge in [-0.15, -0.1) is 0 Å². The summed E-state index contributed by atoms with van der Waals surface area (Å²) in [5.74, 6) is -1.70. The molecule has 0 spiro atoms. The number of rotatable bonds is 6. The third-order valence-electron chi connectivity index (χ3n) is 2.92. The van der Waals surface area contributed by atoms with Gasteiger partial charge in [0, 0.05) is 12.6 Å². The first-order valence-electron chi connectivity index (χ1n) is 7.34. The van der Waals surface area contributed by atoms with Crippen LogP contribution < -0.4 is 10.6 Å². The average Bonchev–Trinajstić information content (AvgIpc) is 2.39. The van der Waals surface area contributed by atoms with Crippen molar-refractivity contribution in [1.82, 2.24) is 10.6 Å². The van der Waals surface area contributed by atoms with Crippen molar-refractivity contribution in [2.75, 3.05) is 13.1 Å². The molecule has 4 nitrogen and oxygen atoms in total. The Balaban J connectivity index is 2.24. The summed E-state index contributed by atoms with van der Waals surface area (Å²) in [7, 11) is 0. The summed E-state index contributed by atoms with van der Waals surface area (Å²) in [5, 5.41) is 5.84. The highest BCUT2D eigenvalue weighted by molar-refractivity contribution is 5.67. The van der Waals surface area contributed by atoms with Crippen molar-refractivity contribution in [3.63, 3.8) is 0 Å². The highest BCUT2D eigenvalue weighted by Crippen LogP contribution is 2.15. The van der Waals surface area contributed by atoms with E-state index in [0.29, 0.717) is 25.1 Å². The number of amides is 1. The van der Waals surface area contributed by atoms with Gasteiger partial charge in [-0.25, -0.2) is 13.6 Å². The van der Waals surface area contributed by atoms with Crippen molar-refractivity contribution in [3.8, 4) is 0 Å². The lowest BCUT2D eigenvalue weighted by molar-refractivity contribution is 0.0527. The minimum absolute atomic E-state index is 0.100. The van der Waals surface area contributed by atoms with Gasteiger partial charge in [-0.3, -0.25) is 0 Å². The van der Waals surface area contributed by atoms with Crippen LogP contribution in [-0.4, -0.2) is 24.8 Å². The van der Waals surface area contributed by atoms with Crippen molar-refractivity contribution >= 4 is 6.09 Å². The number of hydrogen-bond donors (Lipinski definition) is 2. The first kappa shape index (κ1) is 18.4. The Labute approximate surface area is 130 Å². The maximum absolute atomic E-state index is 13.1. The van der Waals surface area contributed by atoms with Crippen LogP contribution in [0.4, 0.5) is 13.6 Å². The van der Waals surface area contributed by atoms with Gasteiger partial charge in [0.05, 0.1) is 0 Å². The van der Waals surface area contributed by atoms with Crippen LogP contribution in [0.3, 0.4) is 0 Å². The van der Waals surface area contributed by atoms with E-state index >= 15 is 0 Å². The zero-order valence-electron chi connectivity index (χ0n) is 13.5. The van der Waals surface area contributed by atoms with Crippen LogP contribution in [0.25, 0.3) is 0 Å². The predicted octanol–water partition coefficient (Wildman–Crippen LogP) is 3.53. The fourth-order valence-electron chi connectivity index (χ4n) is 1.81. The van der Waals surface area contributed by atoms with Gasteiger partial charge in [0.1, 0.15) is 5.60 Å². The van der Waals surface area contributed by atoms with E-state index in [1.807, 2.05) is 6.92 Å². The Morgan fingerprint density at radius 1 is 1.23 bits per heavy atom. The largest absolute Gasteiger partial charge is 0.444 e. The van der Waals surface area contributed by atoms with Crippen molar-refractivity contribution in [1.29, 1.82) is 0 Å². The summed E-state index contributed by atoms with van der Waals surface area (Å²) >= 11 is 0. The highest BCUT2D eigenvalue weighted by Gasteiger charge is 2.15. The van der Waals surface area contributed by atoms with E-state index in [2.05, 4.69) is 10.6 Å². The average molecular weight is 314 g/mol. The zero-order chi connectivity index (χ0) is 16.8. The van der Waals surface area contributed by atoms with E-state index in [1.165, 1.54) is 6.07 Å². The van der Waals surface area contributed by atoms with Crippen LogP contribution in [0.5, 0.6) is 0 Å². The van der Waals surface area contributed by atoms with E-state index < -0.39 is 23.3 Å². The molecule has 1 aromatic rings. The predicted molar refractivity (Wildman–Crippen MR) is 81.6 cm³/mol. The molecule has 2 N–H and O–H groups in total. The van der Waals surface area contributed by atoms with Crippen LogP contribution in [0.15, 0.2) is 18.2 Å². The Bertz CT molecular complexity index is 501. The maximum Gasteiger partial charge on any atom is 0.407 e. The second kappa shape index (κ2) is 8.08. The number of nitrogens with one attached hydrogen (secondary N) is 2. The summed E-state index contributed by atoms with van der Waals surface area (Å²) < 4.78 is 31.1. The van der Waals surface area contributed by atoms with Crippen LogP contribution in [0.2, 0.25) is 0 Å². The third-order valence-corrected chi connectivity index (χ3v) is 2.92. The van der Waals surface area contributed by atoms with Crippen molar-refractivity contribution in [2.24, 2.45) is 0 Å². The van der Waals surface area contributed by atoms with E-state index in [1.54, 1.807) is 26.8 Å². The van der Waals surface area contributed by atoms with E-state index in [-0.39, 0.29) is 6.04 Å². The highest BCUT2D eigenvalue weighted by atomic mass is 19.2. The van der Waals surface area contributed by atoms with Crippen LogP contribution >= 0.6 is 0 Å². The molecule has 0 saturated heterocycles. The van der Waals surface area contributed by atoms with E-state index in [9.17, 15) is 13.6 Å². The first-order chi connectivity index (χ1) is 10.2. The fourth-order valence-corrected chi connectivity index (χ4v) is 1.81. The van der Waals surface area contributed by atoms with Gasteiger partial charge < -0.3 is 15.4 Å². The van der Waals surface area contributed by atoms with Crippen molar-refractivity contribution in [2.45, 2.75) is 45.8 Å². The molecule has 1 atom stereocenters. The summed E-state index contributed by atoms with van der Waals surface area (Å²) in [4.78, 5) is 11.4. The lowest BCUT2D eigenvalue weighted by Crippen LogP contribution is -2.34. The number of halogens is 2. The molecule has 0 bridgehead atoms. The maximum atomic E-state index is 13.1. The summed E-state index contributed by atoms with van der Waals surface area (Å²) in [6, 6.07) is 3.75. The van der Waals surface area contributed by atoms with Gasteiger partial charge in [-0.2, -0.15) is 0 Å². The quantitative estimate of drug-likeness (QED) is 0.790. The summed E-state index contributed by atoms with van der Waals surface area (Å²) in [6.07, 6.45) is 0.258. The molecule has 0 aliphatic carbocycles. The van der Waals surface area contributed by atoms with Gasteiger partial charge in [0.2, 0.25) is 0 Å². The number of ether oxygens (including phenoxy) is 1. The number of benzene rings is 1. The van der Waals surface area contributed by atoms with Gasteiger partial charge >= 0.3 is 6.09 Å². The molecule has 0 aliphatic rings. The Kier molecular flexibility index (Phi) is 6.74. The lowest BCUT2D eigenvalue weighted by Gasteiger charge is -2.20. The molecule has 0 aliphatic heterocycles. The number of hydrogen-bond acceptors (Lipinski definition) is 3. The molecule has 0 fully saturated rings. The first-order valence-corrected chi connectivity index (χ1v) is 7.34. The minimum Gasteiger partial charge on any atom is -0.444 e. The van der Waals surface area contributed by atoms with Gasteiger partial charge in [-0.05, 0) is 58.4 Å². The van der Waals surface area contributed by atoms with Gasteiger partial charge in [0.15, 0.2) is 11.6 Å². The molecule has 0 aromatic heterocycles. The Hall–Kier alpha value is -1.69. The Morgan fingerprint density at radius 3 is 2.50 bits per heavy atom. The zero-order valence-corrected chi connectivity index (χ0v) is 13.5. The molecule has 1 aromatic carbocycles. The molecule has 1 amide bonds. The van der Waals surface area contributed by atoms with Crippen molar-refractivity contribution in [3.05, 3.63) is 35.4 Å². The molecule has 124 valence electrons. The molecular formula is C16H24F2N2O2. The van der Waals surface area contributed by atoms with Gasteiger partial charge in [0.25, 0.3) is 0 Å². The van der Waals surface area contributed by atoms with Crippen LogP contribution in [-0.2, 0) is 4.74 Å². The number of carbonyl (C=O) groups is 1. The molecule has 0 heterocycles. The Morgan fingerprint density at radius 2 is 1.91 bits per heavy atom. The third kappa shape index (κ3) is 6.85. The lowest BCUT2D eigenvalue weighted by atomic mass is 10.1. The van der Waals surface area contributed by atoms with E-state index in [0.717, 1.165) is 6.07 Å². The molecule has 1 rings (SSSR count). The summed E-state index contributed by atoms with van der Waals surface area (Å²) in [6.45, 7) is 8.39. The second-order valence-electron chi connectivity index (χ2n) is 6.13. The number of alkyl carbamates (subject to hydrolysis) is 1. The fraction of sp³-hybridized carbons (Fsp3) is 0.562. The molecule has 22 heavy (non-hydrogen) atoms. The standard InChI is InChI=1S/C16H24F2N2O2/c1-11(12-6-7-13(17)14(18)10-12)19-8-5-9-20-15(21)22-16(2,3)4/h6-7,10-11,19H,5,8-9H2,1-4H3,(H,20,21). The monoisotopic (exact) mass is 314 g/mol. The smallest absolute Gasteiger partial charge is 0.407 e. The second-order valence-corrected chi connectivity index (χ2v) is 6.13. The van der Waals surface area contributed by atoms with Crippen LogP contribution in [0, 0.1) is 11.6 Å². The van der Waals surface area contributed by atoms with Gasteiger partial charge in [-0.1, -0.05) is 6.07 Å². The van der Waals surface area contributed by atoms with Crippen molar-refractivity contribution < 1.29 is 18.3 Å². The summed E-state index contributed by atoms with van der Waals surface area (Å²) in [5.41, 5.74) is 0.169. The molecular weight excluding hydrogens is 290 g/mol. The normalized spacial score (nSPS) is 12.8. The molecule has 0 radical (unpaired) electrons. The molecule has 6 heteroatoms. The number of carbonyl (C=O) groups excluding carboxylic acids is 1. The minimum atomic E-state index is -0.850. The van der Waals surface area contributed by atoms with E-state index in [4.69, 9.17) is 4.74 Å². The topological polar surface area (TPSA) is 50.4 Å². The molecule has 0 saturated carbocycles.